The molecule has 5 heteroatoms. The van der Waals surface area contributed by atoms with E-state index in [4.69, 9.17) is 19.4 Å². The molecule has 0 N–H and O–H groups in total. The highest BCUT2D eigenvalue weighted by Gasteiger charge is 2.28. The van der Waals surface area contributed by atoms with Gasteiger partial charge in [0.2, 0.25) is 0 Å². The van der Waals surface area contributed by atoms with Gasteiger partial charge in [-0.3, -0.25) is 0 Å². The highest BCUT2D eigenvalue weighted by atomic mass is 32.1. The van der Waals surface area contributed by atoms with Crippen LogP contribution in [0.2, 0.25) is 0 Å². The van der Waals surface area contributed by atoms with Crippen molar-refractivity contribution in [2.75, 3.05) is 0 Å². The van der Waals surface area contributed by atoms with Gasteiger partial charge in [0.15, 0.2) is 17.5 Å². The Labute approximate surface area is 281 Å². The van der Waals surface area contributed by atoms with Crippen LogP contribution in [-0.4, -0.2) is 15.0 Å². The summed E-state index contributed by atoms with van der Waals surface area (Å²) in [6, 6.07) is 40.6. The lowest BCUT2D eigenvalue weighted by molar-refractivity contribution is 0.546. The van der Waals surface area contributed by atoms with Gasteiger partial charge in [-0.1, -0.05) is 115 Å². The van der Waals surface area contributed by atoms with E-state index in [2.05, 4.69) is 109 Å². The van der Waals surface area contributed by atoms with E-state index in [0.717, 1.165) is 81.6 Å². The summed E-state index contributed by atoms with van der Waals surface area (Å²) in [6.07, 6.45) is 8.29. The molecule has 0 radical (unpaired) electrons. The number of hydrogen-bond donors (Lipinski definition) is 0. The molecule has 0 saturated carbocycles. The molecule has 5 aromatic carbocycles. The third kappa shape index (κ3) is 4.39. The molecule has 4 nitrogen and oxygen atoms in total. The van der Waals surface area contributed by atoms with Crippen LogP contribution in [0.1, 0.15) is 46.3 Å². The second-order valence-corrected chi connectivity index (χ2v) is 13.6. The fourth-order valence-corrected chi connectivity index (χ4v) is 8.71. The van der Waals surface area contributed by atoms with E-state index in [-0.39, 0.29) is 0 Å². The van der Waals surface area contributed by atoms with E-state index in [1.54, 1.807) is 0 Å². The molecule has 2 aliphatic rings. The number of furan rings is 1. The number of hydrogen-bond acceptors (Lipinski definition) is 5. The fraction of sp³-hybridized carbons (Fsp3) is 0.0930. The molecule has 0 atom stereocenters. The van der Waals surface area contributed by atoms with Gasteiger partial charge in [-0.05, 0) is 58.7 Å². The Balaban J connectivity index is 1.15. The van der Waals surface area contributed by atoms with Gasteiger partial charge >= 0.3 is 0 Å². The third-order valence-electron chi connectivity index (χ3n) is 9.67. The van der Waals surface area contributed by atoms with Crippen molar-refractivity contribution in [3.8, 4) is 22.5 Å². The van der Waals surface area contributed by atoms with Crippen molar-refractivity contribution < 1.29 is 4.42 Å². The molecule has 0 fully saturated rings. The Morgan fingerprint density at radius 1 is 0.562 bits per heavy atom. The summed E-state index contributed by atoms with van der Waals surface area (Å²) < 4.78 is 8.06. The summed E-state index contributed by atoms with van der Waals surface area (Å²) in [6.45, 7) is 0. The summed E-state index contributed by atoms with van der Waals surface area (Å²) in [5, 5.41) is 4.88. The molecule has 0 unspecified atom stereocenters. The maximum absolute atomic E-state index is 6.76. The SMILES string of the molecule is C1=C(c2nc(C3=CCCc4oc5c(-c6ccc7ccccc7c6)cccc5c43)nc(-c3ccccc3)n2)c2sc3ccccc3c2CC1. The van der Waals surface area contributed by atoms with E-state index in [9.17, 15) is 0 Å². The summed E-state index contributed by atoms with van der Waals surface area (Å²) in [5.41, 5.74) is 8.74. The van der Waals surface area contributed by atoms with Crippen molar-refractivity contribution >= 4 is 54.3 Å². The zero-order valence-corrected chi connectivity index (χ0v) is 26.9. The number of fused-ring (bicyclic) bond motifs is 7. The van der Waals surface area contributed by atoms with Crippen LogP contribution in [0.4, 0.5) is 0 Å². The van der Waals surface area contributed by atoms with E-state index in [1.807, 2.05) is 29.5 Å². The molecule has 0 bridgehead atoms. The molecule has 0 aliphatic heterocycles. The summed E-state index contributed by atoms with van der Waals surface area (Å²) in [4.78, 5) is 16.9. The summed E-state index contributed by atoms with van der Waals surface area (Å²) in [5.74, 6) is 3.09. The van der Waals surface area contributed by atoms with Crippen LogP contribution in [0.25, 0.3) is 65.5 Å². The van der Waals surface area contributed by atoms with Gasteiger partial charge in [0.25, 0.3) is 0 Å². The van der Waals surface area contributed by atoms with Crippen LogP contribution >= 0.6 is 11.3 Å². The Morgan fingerprint density at radius 3 is 2.21 bits per heavy atom. The Morgan fingerprint density at radius 2 is 1.29 bits per heavy atom. The smallest absolute Gasteiger partial charge is 0.165 e. The number of benzene rings is 5. The van der Waals surface area contributed by atoms with Crippen molar-refractivity contribution in [1.29, 1.82) is 0 Å². The monoisotopic (exact) mass is 635 g/mol. The maximum Gasteiger partial charge on any atom is 0.165 e. The zero-order chi connectivity index (χ0) is 31.6. The molecule has 3 heterocycles. The molecule has 0 amide bonds. The number of aromatic nitrogens is 3. The van der Waals surface area contributed by atoms with Gasteiger partial charge < -0.3 is 4.42 Å². The second kappa shape index (κ2) is 11.0. The molecule has 3 aromatic heterocycles. The highest BCUT2D eigenvalue weighted by Crippen LogP contribution is 2.44. The minimum atomic E-state index is 0.683. The molecule has 48 heavy (non-hydrogen) atoms. The molecular weight excluding hydrogens is 607 g/mol. The Hall–Kier alpha value is -5.65. The van der Waals surface area contributed by atoms with Gasteiger partial charge in [-0.2, -0.15) is 0 Å². The normalized spacial score (nSPS) is 14.2. The minimum Gasteiger partial charge on any atom is -0.460 e. The first-order valence-corrected chi connectivity index (χ1v) is 17.4. The highest BCUT2D eigenvalue weighted by molar-refractivity contribution is 7.20. The Kier molecular flexibility index (Phi) is 6.27. The maximum atomic E-state index is 6.76. The Bertz CT molecular complexity index is 2630. The quantitative estimate of drug-likeness (QED) is 0.193. The molecule has 8 aromatic rings. The van der Waals surface area contributed by atoms with Crippen molar-refractivity contribution in [1.82, 2.24) is 15.0 Å². The van der Waals surface area contributed by atoms with Crippen LogP contribution in [0.15, 0.2) is 132 Å². The molecule has 2 aliphatic carbocycles. The zero-order valence-electron chi connectivity index (χ0n) is 26.1. The van der Waals surface area contributed by atoms with Gasteiger partial charge in [0.05, 0.1) is 0 Å². The van der Waals surface area contributed by atoms with Gasteiger partial charge in [-0.15, -0.1) is 11.3 Å². The first-order valence-electron chi connectivity index (χ1n) is 16.6. The first kappa shape index (κ1) is 27.5. The lowest BCUT2D eigenvalue weighted by atomic mass is 9.92. The van der Waals surface area contributed by atoms with E-state index >= 15 is 0 Å². The number of nitrogens with zero attached hydrogens (tertiary/aromatic N) is 3. The number of thiophene rings is 1. The van der Waals surface area contributed by atoms with Gasteiger partial charge in [-0.25, -0.2) is 15.0 Å². The summed E-state index contributed by atoms with van der Waals surface area (Å²) in [7, 11) is 0. The summed E-state index contributed by atoms with van der Waals surface area (Å²) >= 11 is 1.84. The molecule has 0 saturated heterocycles. The van der Waals surface area contributed by atoms with Crippen LogP contribution in [0.5, 0.6) is 0 Å². The second-order valence-electron chi connectivity index (χ2n) is 12.5. The fourth-order valence-electron chi connectivity index (χ4n) is 7.42. The van der Waals surface area contributed by atoms with E-state index < -0.39 is 0 Å². The van der Waals surface area contributed by atoms with E-state index in [0.29, 0.717) is 11.6 Å². The molecule has 10 rings (SSSR count). The van der Waals surface area contributed by atoms with Gasteiger partial charge in [0.1, 0.15) is 11.3 Å². The topological polar surface area (TPSA) is 51.8 Å². The number of para-hydroxylation sites is 1. The van der Waals surface area contributed by atoms with Crippen molar-refractivity contribution in [3.05, 3.63) is 161 Å². The third-order valence-corrected chi connectivity index (χ3v) is 10.9. The minimum absolute atomic E-state index is 0.683. The van der Waals surface area contributed by atoms with Crippen LogP contribution in [0.3, 0.4) is 0 Å². The average Bonchev–Trinajstić information content (AvgIpc) is 3.73. The molecule has 228 valence electrons. The van der Waals surface area contributed by atoms with Crippen LogP contribution in [0, 0.1) is 0 Å². The number of allylic oxidation sites excluding steroid dienone is 2. The predicted octanol–water partition coefficient (Wildman–Crippen LogP) is 11.1. The van der Waals surface area contributed by atoms with Crippen molar-refractivity contribution in [2.45, 2.75) is 25.7 Å². The average molecular weight is 636 g/mol. The van der Waals surface area contributed by atoms with Crippen LogP contribution in [-0.2, 0) is 12.8 Å². The lowest BCUT2D eigenvalue weighted by Crippen LogP contribution is -2.09. The number of rotatable bonds is 4. The lowest BCUT2D eigenvalue weighted by Gasteiger charge is -2.17. The van der Waals surface area contributed by atoms with Crippen molar-refractivity contribution in [3.63, 3.8) is 0 Å². The number of aryl methyl sites for hydroxylation is 2. The molecule has 0 spiro atoms. The van der Waals surface area contributed by atoms with E-state index in [1.165, 1.54) is 31.3 Å². The van der Waals surface area contributed by atoms with Crippen LogP contribution < -0.4 is 0 Å². The van der Waals surface area contributed by atoms with Crippen molar-refractivity contribution in [2.24, 2.45) is 0 Å². The largest absolute Gasteiger partial charge is 0.460 e. The predicted molar refractivity (Wildman–Crippen MR) is 197 cm³/mol. The first-order chi connectivity index (χ1) is 23.8. The standard InChI is InChI=1S/C43H29N3OS/c1-2-12-27(13-3-1)41-44-42(46-43(45-41)35-20-9-17-32-31-15-6-7-22-37(31)48-40(32)35)34-19-10-21-36-38(34)33-18-8-16-30(39(33)47-36)29-24-23-26-11-4-5-14-28(26)25-29/h1-8,11-16,18-20,22-25H,9-10,17,21H2. The molecular formula is C43H29N3OS. The van der Waals surface area contributed by atoms with Gasteiger partial charge in [0, 0.05) is 49.2 Å².